The van der Waals surface area contributed by atoms with Gasteiger partial charge >= 0.3 is 5.97 Å². The Hall–Kier alpha value is -1.24. The van der Waals surface area contributed by atoms with Crippen LogP contribution in [0.3, 0.4) is 0 Å². The topological polar surface area (TPSA) is 95.5 Å². The second kappa shape index (κ2) is 5.01. The lowest BCUT2D eigenvalue weighted by molar-refractivity contribution is -0.139. The number of hydrogen-bond acceptors (Lipinski definition) is 4. The number of aliphatic carboxylic acids is 1. The zero-order valence-corrected chi connectivity index (χ0v) is 8.79. The number of piperazine rings is 1. The SMILES string of the molecule is O=C(O)CC[C@@H]1NC(=O)[C@H](CS)NC1=O. The van der Waals surface area contributed by atoms with Gasteiger partial charge in [-0.25, -0.2) is 0 Å². The van der Waals surface area contributed by atoms with E-state index in [1.165, 1.54) is 0 Å². The summed E-state index contributed by atoms with van der Waals surface area (Å²) in [4.78, 5) is 33.0. The summed E-state index contributed by atoms with van der Waals surface area (Å²) in [6.45, 7) is 0. The first-order valence-electron chi connectivity index (χ1n) is 4.48. The molecule has 1 aliphatic heterocycles. The fourth-order valence-electron chi connectivity index (χ4n) is 1.28. The van der Waals surface area contributed by atoms with Crippen LogP contribution in [0.4, 0.5) is 0 Å². The van der Waals surface area contributed by atoms with E-state index >= 15 is 0 Å². The van der Waals surface area contributed by atoms with E-state index in [2.05, 4.69) is 23.3 Å². The molecular weight excluding hydrogens is 220 g/mol. The van der Waals surface area contributed by atoms with Crippen molar-refractivity contribution in [3.05, 3.63) is 0 Å². The van der Waals surface area contributed by atoms with E-state index in [9.17, 15) is 14.4 Å². The second-order valence-electron chi connectivity index (χ2n) is 3.24. The molecule has 0 saturated carbocycles. The number of carboxylic acid groups (broad SMARTS) is 1. The Kier molecular flexibility index (Phi) is 3.96. The molecule has 1 fully saturated rings. The molecule has 0 aromatic rings. The smallest absolute Gasteiger partial charge is 0.303 e. The Morgan fingerprint density at radius 3 is 2.33 bits per heavy atom. The van der Waals surface area contributed by atoms with Crippen LogP contribution in [0, 0.1) is 0 Å². The van der Waals surface area contributed by atoms with Gasteiger partial charge in [-0.15, -0.1) is 0 Å². The predicted molar refractivity (Wildman–Crippen MR) is 54.6 cm³/mol. The van der Waals surface area contributed by atoms with Crippen LogP contribution in [0.15, 0.2) is 0 Å². The van der Waals surface area contributed by atoms with Crippen LogP contribution in [-0.2, 0) is 14.4 Å². The quantitative estimate of drug-likeness (QED) is 0.456. The molecule has 3 N–H and O–H groups in total. The van der Waals surface area contributed by atoms with Gasteiger partial charge in [0.1, 0.15) is 12.1 Å². The van der Waals surface area contributed by atoms with Gasteiger partial charge in [-0.05, 0) is 6.42 Å². The number of amides is 2. The molecule has 0 radical (unpaired) electrons. The predicted octanol–water partition coefficient (Wildman–Crippen LogP) is -1.24. The summed E-state index contributed by atoms with van der Waals surface area (Å²) < 4.78 is 0. The Morgan fingerprint density at radius 1 is 1.27 bits per heavy atom. The summed E-state index contributed by atoms with van der Waals surface area (Å²) in [7, 11) is 0. The van der Waals surface area contributed by atoms with Crippen LogP contribution in [-0.4, -0.2) is 40.7 Å². The van der Waals surface area contributed by atoms with E-state index < -0.39 is 18.1 Å². The van der Waals surface area contributed by atoms with Crippen molar-refractivity contribution in [2.75, 3.05) is 5.75 Å². The minimum atomic E-state index is -0.992. The van der Waals surface area contributed by atoms with Gasteiger partial charge in [-0.2, -0.15) is 12.6 Å². The lowest BCUT2D eigenvalue weighted by atomic mass is 10.1. The molecule has 0 aliphatic carbocycles. The summed E-state index contributed by atoms with van der Waals surface area (Å²) in [6, 6.07) is -1.37. The van der Waals surface area contributed by atoms with Gasteiger partial charge in [0.2, 0.25) is 11.8 Å². The molecule has 6 nitrogen and oxygen atoms in total. The fourth-order valence-corrected chi connectivity index (χ4v) is 1.53. The highest BCUT2D eigenvalue weighted by Gasteiger charge is 2.32. The van der Waals surface area contributed by atoms with Crippen molar-refractivity contribution >= 4 is 30.4 Å². The molecule has 1 rings (SSSR count). The summed E-state index contributed by atoms with van der Waals surface area (Å²) in [5.74, 6) is -1.44. The van der Waals surface area contributed by atoms with Gasteiger partial charge in [0.05, 0.1) is 0 Å². The van der Waals surface area contributed by atoms with Crippen LogP contribution < -0.4 is 10.6 Å². The molecular formula is C8H12N2O4S. The molecule has 7 heteroatoms. The molecule has 1 aliphatic rings. The average molecular weight is 232 g/mol. The summed E-state index contributed by atoms with van der Waals surface area (Å²) in [6.07, 6.45) is -0.0455. The third-order valence-electron chi connectivity index (χ3n) is 2.10. The van der Waals surface area contributed by atoms with E-state index in [1.54, 1.807) is 0 Å². The Morgan fingerprint density at radius 2 is 1.80 bits per heavy atom. The lowest BCUT2D eigenvalue weighted by Crippen LogP contribution is -2.62. The van der Waals surface area contributed by atoms with Crippen LogP contribution in [0.1, 0.15) is 12.8 Å². The van der Waals surface area contributed by atoms with Crippen molar-refractivity contribution in [3.63, 3.8) is 0 Å². The van der Waals surface area contributed by atoms with E-state index in [-0.39, 0.29) is 30.4 Å². The van der Waals surface area contributed by atoms with E-state index in [0.29, 0.717) is 0 Å². The van der Waals surface area contributed by atoms with Crippen LogP contribution in [0.25, 0.3) is 0 Å². The first kappa shape index (κ1) is 11.8. The molecule has 0 spiro atoms. The lowest BCUT2D eigenvalue weighted by Gasteiger charge is -2.28. The Labute approximate surface area is 91.8 Å². The number of thiol groups is 1. The van der Waals surface area contributed by atoms with Crippen LogP contribution >= 0.6 is 12.6 Å². The average Bonchev–Trinajstić information content (AvgIpc) is 2.18. The highest BCUT2D eigenvalue weighted by molar-refractivity contribution is 7.80. The number of hydrogen-bond donors (Lipinski definition) is 4. The van der Waals surface area contributed by atoms with Gasteiger partial charge < -0.3 is 15.7 Å². The molecule has 1 saturated heterocycles. The fraction of sp³-hybridized carbons (Fsp3) is 0.625. The minimum Gasteiger partial charge on any atom is -0.481 e. The van der Waals surface area contributed by atoms with E-state index in [0.717, 1.165) is 0 Å². The zero-order chi connectivity index (χ0) is 11.4. The van der Waals surface area contributed by atoms with Crippen molar-refractivity contribution in [3.8, 4) is 0 Å². The van der Waals surface area contributed by atoms with Gasteiger partial charge in [-0.1, -0.05) is 0 Å². The maximum Gasteiger partial charge on any atom is 0.303 e. The number of carbonyl (C=O) groups excluding carboxylic acids is 2. The number of carboxylic acids is 1. The summed E-state index contributed by atoms with van der Waals surface area (Å²) >= 11 is 3.91. The first-order valence-corrected chi connectivity index (χ1v) is 5.11. The largest absolute Gasteiger partial charge is 0.481 e. The maximum atomic E-state index is 11.4. The van der Waals surface area contributed by atoms with Crippen LogP contribution in [0.5, 0.6) is 0 Å². The van der Waals surface area contributed by atoms with Crippen molar-refractivity contribution in [2.45, 2.75) is 24.9 Å². The van der Waals surface area contributed by atoms with Crippen molar-refractivity contribution in [1.82, 2.24) is 10.6 Å². The van der Waals surface area contributed by atoms with Gasteiger partial charge in [0, 0.05) is 12.2 Å². The molecule has 0 aromatic heterocycles. The number of carbonyl (C=O) groups is 3. The third-order valence-corrected chi connectivity index (χ3v) is 2.46. The van der Waals surface area contributed by atoms with E-state index in [1.807, 2.05) is 0 Å². The molecule has 84 valence electrons. The first-order chi connectivity index (χ1) is 7.04. The monoisotopic (exact) mass is 232 g/mol. The third kappa shape index (κ3) is 3.12. The summed E-state index contributed by atoms with van der Waals surface area (Å²) in [5, 5.41) is 13.4. The van der Waals surface area contributed by atoms with E-state index in [4.69, 9.17) is 5.11 Å². The van der Waals surface area contributed by atoms with Crippen molar-refractivity contribution in [1.29, 1.82) is 0 Å². The van der Waals surface area contributed by atoms with Gasteiger partial charge in [0.15, 0.2) is 0 Å². The molecule has 0 bridgehead atoms. The normalized spacial score (nSPS) is 25.7. The molecule has 0 aromatic carbocycles. The van der Waals surface area contributed by atoms with Gasteiger partial charge in [-0.3, -0.25) is 14.4 Å². The number of rotatable bonds is 4. The minimum absolute atomic E-state index is 0.103. The molecule has 2 atom stereocenters. The standard InChI is InChI=1S/C8H12N2O4S/c11-6(12)2-1-4-7(13)10-5(3-15)8(14)9-4/h4-5,15H,1-3H2,(H,9,14)(H,10,13)(H,11,12)/t4-,5-/m0/s1. The second-order valence-corrected chi connectivity index (χ2v) is 3.60. The van der Waals surface area contributed by atoms with Crippen molar-refractivity contribution < 1.29 is 19.5 Å². The molecule has 2 amide bonds. The van der Waals surface area contributed by atoms with Crippen LogP contribution in [0.2, 0.25) is 0 Å². The Balaban J connectivity index is 2.51. The summed E-state index contributed by atoms with van der Waals surface area (Å²) in [5.41, 5.74) is 0. The molecule has 1 heterocycles. The number of nitrogens with one attached hydrogen (secondary N) is 2. The Bertz CT molecular complexity index is 294. The highest BCUT2D eigenvalue weighted by Crippen LogP contribution is 2.04. The molecule has 15 heavy (non-hydrogen) atoms. The highest BCUT2D eigenvalue weighted by atomic mass is 32.1. The maximum absolute atomic E-state index is 11.4. The van der Waals surface area contributed by atoms with Crippen molar-refractivity contribution in [2.24, 2.45) is 0 Å². The zero-order valence-electron chi connectivity index (χ0n) is 7.90. The molecule has 0 unspecified atom stereocenters. The van der Waals surface area contributed by atoms with Gasteiger partial charge in [0.25, 0.3) is 0 Å².